The summed E-state index contributed by atoms with van der Waals surface area (Å²) in [6.07, 6.45) is 7.10. The number of benzene rings is 1. The lowest BCUT2D eigenvalue weighted by atomic mass is 10.1. The standard InChI is InChI=1S/C23H35N5O2/c1-4-24-23(25-10-5-6-19-13-27-28(3)15-19)26-14-21-8-7-18(2)12-22(21)30-17-20-9-11-29-16-20/h7-8,12-13,15,20H,4-6,9-11,14,16-17H2,1-3H3,(H2,24,25,26). The second-order valence-corrected chi connectivity index (χ2v) is 7.90. The number of nitrogens with zero attached hydrogens (tertiary/aromatic N) is 3. The number of aromatic nitrogens is 2. The molecular weight excluding hydrogens is 378 g/mol. The van der Waals surface area contributed by atoms with Crippen molar-refractivity contribution in [3.8, 4) is 5.75 Å². The Morgan fingerprint density at radius 2 is 2.27 bits per heavy atom. The maximum atomic E-state index is 6.15. The van der Waals surface area contributed by atoms with E-state index < -0.39 is 0 Å². The van der Waals surface area contributed by atoms with E-state index >= 15 is 0 Å². The van der Waals surface area contributed by atoms with Crippen LogP contribution in [0.2, 0.25) is 0 Å². The van der Waals surface area contributed by atoms with Gasteiger partial charge in [0.05, 0.1) is 26.0 Å². The Bertz CT molecular complexity index is 812. The van der Waals surface area contributed by atoms with Crippen LogP contribution < -0.4 is 15.4 Å². The van der Waals surface area contributed by atoms with Crippen molar-refractivity contribution in [1.29, 1.82) is 0 Å². The van der Waals surface area contributed by atoms with Gasteiger partial charge < -0.3 is 20.1 Å². The number of hydrogen-bond acceptors (Lipinski definition) is 4. The molecule has 3 rings (SSSR count). The van der Waals surface area contributed by atoms with Gasteiger partial charge >= 0.3 is 0 Å². The molecule has 7 heteroatoms. The highest BCUT2D eigenvalue weighted by atomic mass is 16.5. The molecule has 1 aromatic heterocycles. The summed E-state index contributed by atoms with van der Waals surface area (Å²) in [4.78, 5) is 4.78. The van der Waals surface area contributed by atoms with Gasteiger partial charge in [-0.25, -0.2) is 4.99 Å². The number of ether oxygens (including phenoxy) is 2. The van der Waals surface area contributed by atoms with E-state index in [2.05, 4.69) is 54.0 Å². The topological polar surface area (TPSA) is 72.7 Å². The second kappa shape index (κ2) is 11.6. The first-order chi connectivity index (χ1) is 14.6. The minimum Gasteiger partial charge on any atom is -0.493 e. The second-order valence-electron chi connectivity index (χ2n) is 7.90. The zero-order valence-electron chi connectivity index (χ0n) is 18.5. The lowest BCUT2D eigenvalue weighted by Crippen LogP contribution is -2.37. The zero-order valence-corrected chi connectivity index (χ0v) is 18.5. The summed E-state index contributed by atoms with van der Waals surface area (Å²) >= 11 is 0. The van der Waals surface area contributed by atoms with Crippen molar-refractivity contribution in [2.24, 2.45) is 18.0 Å². The van der Waals surface area contributed by atoms with E-state index in [4.69, 9.17) is 14.5 Å². The Morgan fingerprint density at radius 3 is 3.00 bits per heavy atom. The lowest BCUT2D eigenvalue weighted by Gasteiger charge is -2.15. The number of guanidine groups is 1. The fourth-order valence-corrected chi connectivity index (χ4v) is 3.46. The summed E-state index contributed by atoms with van der Waals surface area (Å²) in [5, 5.41) is 11.0. The van der Waals surface area contributed by atoms with Crippen LogP contribution in [0.25, 0.3) is 0 Å². The van der Waals surface area contributed by atoms with Crippen molar-refractivity contribution in [2.45, 2.75) is 39.7 Å². The highest BCUT2D eigenvalue weighted by Crippen LogP contribution is 2.23. The first-order valence-electron chi connectivity index (χ1n) is 10.9. The van der Waals surface area contributed by atoms with Gasteiger partial charge in [0.2, 0.25) is 0 Å². The number of nitrogens with one attached hydrogen (secondary N) is 2. The molecule has 0 saturated carbocycles. The molecule has 7 nitrogen and oxygen atoms in total. The molecule has 1 aliphatic rings. The van der Waals surface area contributed by atoms with Crippen LogP contribution in [0.15, 0.2) is 35.6 Å². The fraction of sp³-hybridized carbons (Fsp3) is 0.565. The molecule has 164 valence electrons. The average Bonchev–Trinajstić information content (AvgIpc) is 3.40. The van der Waals surface area contributed by atoms with Gasteiger partial charge in [-0.05, 0) is 50.3 Å². The molecule has 0 aliphatic carbocycles. The van der Waals surface area contributed by atoms with Crippen molar-refractivity contribution in [1.82, 2.24) is 20.4 Å². The quantitative estimate of drug-likeness (QED) is 0.356. The number of aliphatic imine (C=N–C) groups is 1. The third-order valence-corrected chi connectivity index (χ3v) is 5.17. The third-order valence-electron chi connectivity index (χ3n) is 5.17. The predicted octanol–water partition coefficient (Wildman–Crippen LogP) is 2.83. The zero-order chi connectivity index (χ0) is 21.2. The summed E-state index contributed by atoms with van der Waals surface area (Å²) in [7, 11) is 1.95. The molecule has 0 bridgehead atoms. The van der Waals surface area contributed by atoms with Crippen molar-refractivity contribution in [3.05, 3.63) is 47.3 Å². The molecule has 1 fully saturated rings. The van der Waals surface area contributed by atoms with Crippen molar-refractivity contribution >= 4 is 5.96 Å². The van der Waals surface area contributed by atoms with Crippen LogP contribution in [0.1, 0.15) is 36.5 Å². The molecule has 0 amide bonds. The molecule has 1 atom stereocenters. The molecule has 2 heterocycles. The summed E-state index contributed by atoms with van der Waals surface area (Å²) in [6.45, 7) is 8.78. The molecule has 1 aromatic carbocycles. The SMILES string of the molecule is CCNC(=NCc1ccc(C)cc1OCC1CCOC1)NCCCc1cnn(C)c1. The van der Waals surface area contributed by atoms with Crippen LogP contribution in [-0.2, 0) is 24.8 Å². The number of aryl methyl sites for hydroxylation is 3. The van der Waals surface area contributed by atoms with Crippen LogP contribution in [0.5, 0.6) is 5.75 Å². The highest BCUT2D eigenvalue weighted by molar-refractivity contribution is 5.79. The van der Waals surface area contributed by atoms with E-state index in [1.807, 2.05) is 17.9 Å². The van der Waals surface area contributed by atoms with Crippen molar-refractivity contribution in [3.63, 3.8) is 0 Å². The van der Waals surface area contributed by atoms with Gasteiger partial charge in [-0.15, -0.1) is 0 Å². The Hall–Kier alpha value is -2.54. The van der Waals surface area contributed by atoms with E-state index in [1.165, 1.54) is 11.1 Å². The van der Waals surface area contributed by atoms with E-state index in [9.17, 15) is 0 Å². The maximum Gasteiger partial charge on any atom is 0.191 e. The van der Waals surface area contributed by atoms with Gasteiger partial charge in [0, 0.05) is 44.4 Å². The van der Waals surface area contributed by atoms with Crippen LogP contribution in [0.4, 0.5) is 0 Å². The highest BCUT2D eigenvalue weighted by Gasteiger charge is 2.17. The molecule has 0 spiro atoms. The van der Waals surface area contributed by atoms with Crippen LogP contribution in [0, 0.1) is 12.8 Å². The predicted molar refractivity (Wildman–Crippen MR) is 120 cm³/mol. The molecule has 1 unspecified atom stereocenters. The Balaban J connectivity index is 1.53. The van der Waals surface area contributed by atoms with Crippen LogP contribution in [-0.4, -0.2) is 48.7 Å². The maximum absolute atomic E-state index is 6.15. The monoisotopic (exact) mass is 413 g/mol. The van der Waals surface area contributed by atoms with E-state index in [0.717, 1.165) is 62.8 Å². The lowest BCUT2D eigenvalue weighted by molar-refractivity contribution is 0.166. The molecule has 2 N–H and O–H groups in total. The smallest absolute Gasteiger partial charge is 0.191 e. The van der Waals surface area contributed by atoms with Crippen molar-refractivity contribution < 1.29 is 9.47 Å². The van der Waals surface area contributed by atoms with Crippen LogP contribution in [0.3, 0.4) is 0 Å². The Morgan fingerprint density at radius 1 is 1.37 bits per heavy atom. The molecule has 30 heavy (non-hydrogen) atoms. The molecule has 0 radical (unpaired) electrons. The van der Waals surface area contributed by atoms with E-state index in [-0.39, 0.29) is 0 Å². The van der Waals surface area contributed by atoms with Gasteiger partial charge in [0.1, 0.15) is 5.75 Å². The Kier molecular flexibility index (Phi) is 8.56. The number of rotatable bonds is 10. The van der Waals surface area contributed by atoms with Gasteiger partial charge in [0.25, 0.3) is 0 Å². The number of hydrogen-bond donors (Lipinski definition) is 2. The van der Waals surface area contributed by atoms with Gasteiger partial charge in [0.15, 0.2) is 5.96 Å². The van der Waals surface area contributed by atoms with E-state index in [0.29, 0.717) is 19.1 Å². The first-order valence-corrected chi connectivity index (χ1v) is 10.9. The van der Waals surface area contributed by atoms with Crippen molar-refractivity contribution in [2.75, 3.05) is 32.9 Å². The largest absolute Gasteiger partial charge is 0.493 e. The summed E-state index contributed by atoms with van der Waals surface area (Å²) in [6, 6.07) is 6.34. The summed E-state index contributed by atoms with van der Waals surface area (Å²) in [5.41, 5.74) is 3.56. The molecule has 1 aliphatic heterocycles. The van der Waals surface area contributed by atoms with Gasteiger partial charge in [-0.1, -0.05) is 12.1 Å². The summed E-state index contributed by atoms with van der Waals surface area (Å²) in [5.74, 6) is 2.25. The summed E-state index contributed by atoms with van der Waals surface area (Å²) < 4.78 is 13.4. The van der Waals surface area contributed by atoms with Gasteiger partial charge in [-0.2, -0.15) is 5.10 Å². The Labute approximate surface area is 179 Å². The molecule has 1 saturated heterocycles. The third kappa shape index (κ3) is 7.06. The molecular formula is C23H35N5O2. The normalized spacial score (nSPS) is 16.6. The minimum absolute atomic E-state index is 0.487. The molecule has 2 aromatic rings. The van der Waals surface area contributed by atoms with Gasteiger partial charge in [-0.3, -0.25) is 4.68 Å². The minimum atomic E-state index is 0.487. The first kappa shape index (κ1) is 22.2. The fourth-order valence-electron chi connectivity index (χ4n) is 3.46. The van der Waals surface area contributed by atoms with E-state index in [1.54, 1.807) is 0 Å². The average molecular weight is 414 g/mol. The van der Waals surface area contributed by atoms with Crippen LogP contribution >= 0.6 is 0 Å².